The third kappa shape index (κ3) is 1.75. The highest BCUT2D eigenvalue weighted by molar-refractivity contribution is 7.17. The normalized spacial score (nSPS) is 10.6. The van der Waals surface area contributed by atoms with E-state index < -0.39 is 0 Å². The third-order valence-corrected chi connectivity index (χ3v) is 3.51. The lowest BCUT2D eigenvalue weighted by atomic mass is 10.1. The number of nitrogens with two attached hydrogens (primary N) is 1. The van der Waals surface area contributed by atoms with Crippen LogP contribution >= 0.6 is 11.3 Å². The predicted molar refractivity (Wildman–Crippen MR) is 70.7 cm³/mol. The molecule has 0 aliphatic carbocycles. The standard InChI is InChI=1S/C12H10N4S/c13-16-12-14-6-5-10(15-12)9-7-17-11-4-2-1-3-8(9)11/h1-7H,13H2,(H,14,15,16). The van der Waals surface area contributed by atoms with Crippen molar-refractivity contribution >= 4 is 27.4 Å². The van der Waals surface area contributed by atoms with E-state index >= 15 is 0 Å². The van der Waals surface area contributed by atoms with Crippen molar-refractivity contribution in [1.29, 1.82) is 0 Å². The second-order valence-electron chi connectivity index (χ2n) is 3.56. The van der Waals surface area contributed by atoms with Crippen molar-refractivity contribution in [3.05, 3.63) is 41.9 Å². The Bertz CT molecular complexity index is 662. The van der Waals surface area contributed by atoms with E-state index in [0.29, 0.717) is 5.95 Å². The minimum Gasteiger partial charge on any atom is -0.292 e. The van der Waals surface area contributed by atoms with Crippen LogP contribution in [0.4, 0.5) is 5.95 Å². The molecule has 2 heterocycles. The molecule has 2 aromatic heterocycles. The highest BCUT2D eigenvalue weighted by Crippen LogP contribution is 2.32. The van der Waals surface area contributed by atoms with Crippen LogP contribution in [0.1, 0.15) is 0 Å². The molecule has 0 spiro atoms. The Morgan fingerprint density at radius 2 is 2.06 bits per heavy atom. The van der Waals surface area contributed by atoms with Crippen molar-refractivity contribution in [2.24, 2.45) is 5.84 Å². The van der Waals surface area contributed by atoms with Gasteiger partial charge in [0.2, 0.25) is 5.95 Å². The second-order valence-corrected chi connectivity index (χ2v) is 4.47. The van der Waals surface area contributed by atoms with Gasteiger partial charge >= 0.3 is 0 Å². The van der Waals surface area contributed by atoms with Gasteiger partial charge < -0.3 is 0 Å². The summed E-state index contributed by atoms with van der Waals surface area (Å²) in [5, 5.41) is 3.31. The number of nitrogen functional groups attached to an aromatic ring is 1. The molecule has 0 saturated heterocycles. The van der Waals surface area contributed by atoms with Gasteiger partial charge in [0.25, 0.3) is 0 Å². The molecular formula is C12H10N4S. The minimum absolute atomic E-state index is 0.429. The van der Waals surface area contributed by atoms with Crippen molar-refractivity contribution in [2.75, 3.05) is 5.43 Å². The number of hydrogen-bond acceptors (Lipinski definition) is 5. The molecule has 3 rings (SSSR count). The van der Waals surface area contributed by atoms with Gasteiger partial charge in [-0.1, -0.05) is 18.2 Å². The Morgan fingerprint density at radius 3 is 2.94 bits per heavy atom. The molecule has 84 valence electrons. The molecule has 17 heavy (non-hydrogen) atoms. The fraction of sp³-hybridized carbons (Fsp3) is 0. The molecule has 4 nitrogen and oxygen atoms in total. The number of fused-ring (bicyclic) bond motifs is 1. The van der Waals surface area contributed by atoms with Gasteiger partial charge in [0.05, 0.1) is 5.69 Å². The van der Waals surface area contributed by atoms with Gasteiger partial charge in [-0.15, -0.1) is 11.3 Å². The predicted octanol–water partition coefficient (Wildman–Crippen LogP) is 2.64. The van der Waals surface area contributed by atoms with Gasteiger partial charge in [-0.2, -0.15) is 0 Å². The number of thiophene rings is 1. The molecule has 0 bridgehead atoms. The Balaban J connectivity index is 2.20. The molecular weight excluding hydrogens is 232 g/mol. The zero-order chi connectivity index (χ0) is 11.7. The summed E-state index contributed by atoms with van der Waals surface area (Å²) in [4.78, 5) is 8.35. The Morgan fingerprint density at radius 1 is 1.18 bits per heavy atom. The Hall–Kier alpha value is -1.98. The first-order valence-corrected chi connectivity index (χ1v) is 6.03. The maximum atomic E-state index is 5.31. The van der Waals surface area contributed by atoms with Gasteiger partial charge in [-0.05, 0) is 12.1 Å². The number of aromatic nitrogens is 2. The average Bonchev–Trinajstić information content (AvgIpc) is 2.82. The molecule has 0 radical (unpaired) electrons. The summed E-state index contributed by atoms with van der Waals surface area (Å²) in [6.07, 6.45) is 1.70. The quantitative estimate of drug-likeness (QED) is 0.535. The lowest BCUT2D eigenvalue weighted by Gasteiger charge is -2.01. The highest BCUT2D eigenvalue weighted by Gasteiger charge is 2.07. The van der Waals surface area contributed by atoms with E-state index in [4.69, 9.17) is 5.84 Å². The lowest BCUT2D eigenvalue weighted by Crippen LogP contribution is -2.10. The highest BCUT2D eigenvalue weighted by atomic mass is 32.1. The van der Waals surface area contributed by atoms with Crippen LogP contribution in [0, 0.1) is 0 Å². The van der Waals surface area contributed by atoms with E-state index in [-0.39, 0.29) is 0 Å². The van der Waals surface area contributed by atoms with Crippen LogP contribution in [0.3, 0.4) is 0 Å². The van der Waals surface area contributed by atoms with Crippen LogP contribution in [0.5, 0.6) is 0 Å². The molecule has 0 aliphatic rings. The number of benzene rings is 1. The van der Waals surface area contributed by atoms with Crippen molar-refractivity contribution < 1.29 is 0 Å². The van der Waals surface area contributed by atoms with Crippen molar-refractivity contribution in [3.8, 4) is 11.3 Å². The van der Waals surface area contributed by atoms with Crippen LogP contribution in [0.25, 0.3) is 21.3 Å². The summed E-state index contributed by atoms with van der Waals surface area (Å²) in [7, 11) is 0. The van der Waals surface area contributed by atoms with E-state index in [2.05, 4.69) is 32.9 Å². The summed E-state index contributed by atoms with van der Waals surface area (Å²) in [5.74, 6) is 5.74. The zero-order valence-electron chi connectivity index (χ0n) is 8.92. The number of anilines is 1. The number of rotatable bonds is 2. The molecule has 3 N–H and O–H groups in total. The molecule has 5 heteroatoms. The average molecular weight is 242 g/mol. The van der Waals surface area contributed by atoms with Crippen LogP contribution in [0.15, 0.2) is 41.9 Å². The maximum absolute atomic E-state index is 5.31. The topological polar surface area (TPSA) is 63.8 Å². The SMILES string of the molecule is NNc1nccc(-c2csc3ccccc23)n1. The fourth-order valence-corrected chi connectivity index (χ4v) is 2.71. The zero-order valence-corrected chi connectivity index (χ0v) is 9.74. The molecule has 0 amide bonds. The molecule has 0 aliphatic heterocycles. The van der Waals surface area contributed by atoms with Crippen LogP contribution in [-0.4, -0.2) is 9.97 Å². The van der Waals surface area contributed by atoms with E-state index in [1.165, 1.54) is 10.1 Å². The van der Waals surface area contributed by atoms with Gasteiger partial charge in [0.1, 0.15) is 0 Å². The summed E-state index contributed by atoms with van der Waals surface area (Å²) in [5.41, 5.74) is 4.45. The fourth-order valence-electron chi connectivity index (χ4n) is 1.75. The molecule has 0 atom stereocenters. The van der Waals surface area contributed by atoms with Crippen LogP contribution < -0.4 is 11.3 Å². The third-order valence-electron chi connectivity index (χ3n) is 2.54. The number of nitrogens with zero attached hydrogens (tertiary/aromatic N) is 2. The minimum atomic E-state index is 0.429. The molecule has 0 fully saturated rings. The number of hydrazine groups is 1. The second kappa shape index (κ2) is 4.12. The van der Waals surface area contributed by atoms with Crippen molar-refractivity contribution in [2.45, 2.75) is 0 Å². The number of nitrogens with one attached hydrogen (secondary N) is 1. The Kier molecular flexibility index (Phi) is 2.47. The van der Waals surface area contributed by atoms with E-state index in [0.717, 1.165) is 11.3 Å². The smallest absolute Gasteiger partial charge is 0.237 e. The first-order valence-electron chi connectivity index (χ1n) is 5.15. The maximum Gasteiger partial charge on any atom is 0.237 e. The first-order chi connectivity index (χ1) is 8.38. The van der Waals surface area contributed by atoms with E-state index in [1.54, 1.807) is 17.5 Å². The van der Waals surface area contributed by atoms with Crippen molar-refractivity contribution in [3.63, 3.8) is 0 Å². The largest absolute Gasteiger partial charge is 0.292 e. The number of hydrogen-bond donors (Lipinski definition) is 2. The van der Waals surface area contributed by atoms with Gasteiger partial charge in [0.15, 0.2) is 0 Å². The van der Waals surface area contributed by atoms with Gasteiger partial charge in [-0.25, -0.2) is 15.8 Å². The molecule has 0 saturated carbocycles. The lowest BCUT2D eigenvalue weighted by molar-refractivity contribution is 1.12. The van der Waals surface area contributed by atoms with Crippen LogP contribution in [-0.2, 0) is 0 Å². The molecule has 1 aromatic carbocycles. The summed E-state index contributed by atoms with van der Waals surface area (Å²) >= 11 is 1.71. The van der Waals surface area contributed by atoms with Crippen LogP contribution in [0.2, 0.25) is 0 Å². The Labute approximate surface area is 102 Å². The van der Waals surface area contributed by atoms with E-state index in [9.17, 15) is 0 Å². The molecule has 0 unspecified atom stereocenters. The monoisotopic (exact) mass is 242 g/mol. The summed E-state index contributed by atoms with van der Waals surface area (Å²) in [6, 6.07) is 10.2. The first kappa shape index (κ1) is 10.2. The summed E-state index contributed by atoms with van der Waals surface area (Å²) < 4.78 is 1.25. The van der Waals surface area contributed by atoms with Crippen molar-refractivity contribution in [1.82, 2.24) is 9.97 Å². The van der Waals surface area contributed by atoms with Gasteiger partial charge in [-0.3, -0.25) is 5.43 Å². The van der Waals surface area contributed by atoms with Gasteiger partial charge in [0, 0.05) is 27.2 Å². The summed E-state index contributed by atoms with van der Waals surface area (Å²) in [6.45, 7) is 0. The molecule has 3 aromatic rings. The van der Waals surface area contributed by atoms with E-state index in [1.807, 2.05) is 18.2 Å².